The summed E-state index contributed by atoms with van der Waals surface area (Å²) in [6, 6.07) is 4.19. The van der Waals surface area contributed by atoms with Crippen molar-refractivity contribution in [1.29, 1.82) is 0 Å². The molecule has 1 N–H and O–H groups in total. The Morgan fingerprint density at radius 3 is 2.39 bits per heavy atom. The predicted molar refractivity (Wildman–Crippen MR) is 79.7 cm³/mol. The molecule has 0 bridgehead atoms. The third kappa shape index (κ3) is 2.29. The number of amides is 2. The van der Waals surface area contributed by atoms with E-state index in [0.717, 1.165) is 4.90 Å². The van der Waals surface area contributed by atoms with Crippen molar-refractivity contribution in [2.24, 2.45) is 0 Å². The van der Waals surface area contributed by atoms with Crippen molar-refractivity contribution >= 4 is 27.5 Å². The number of rotatable bonds is 3. The van der Waals surface area contributed by atoms with E-state index in [1.54, 1.807) is 0 Å². The maximum absolute atomic E-state index is 12.4. The summed E-state index contributed by atoms with van der Waals surface area (Å²) in [6.45, 7) is 3.01. The van der Waals surface area contributed by atoms with Crippen molar-refractivity contribution in [3.05, 3.63) is 40.8 Å². The fourth-order valence-electron chi connectivity index (χ4n) is 2.49. The number of anilines is 1. The zero-order chi connectivity index (χ0) is 16.9. The molecule has 0 atom stereocenters. The molecule has 120 valence electrons. The minimum atomic E-state index is -3.91. The largest absolute Gasteiger partial charge is 0.360 e. The molecule has 0 radical (unpaired) electrons. The highest BCUT2D eigenvalue weighted by Crippen LogP contribution is 2.27. The molecule has 2 amide bonds. The molecule has 0 unspecified atom stereocenters. The summed E-state index contributed by atoms with van der Waals surface area (Å²) in [5.74, 6) is -0.712. The summed E-state index contributed by atoms with van der Waals surface area (Å²) in [5, 5.41) is 3.61. The predicted octanol–water partition coefficient (Wildman–Crippen LogP) is 1.32. The quantitative estimate of drug-likeness (QED) is 0.847. The Morgan fingerprint density at radius 1 is 1.13 bits per heavy atom. The van der Waals surface area contributed by atoms with E-state index < -0.39 is 21.8 Å². The third-order valence-electron chi connectivity index (χ3n) is 3.58. The van der Waals surface area contributed by atoms with Crippen LogP contribution in [-0.2, 0) is 10.0 Å². The van der Waals surface area contributed by atoms with Gasteiger partial charge in [-0.1, -0.05) is 5.16 Å². The number of nitrogens with zero attached hydrogens (tertiary/aromatic N) is 2. The van der Waals surface area contributed by atoms with Gasteiger partial charge >= 0.3 is 0 Å². The zero-order valence-electron chi connectivity index (χ0n) is 12.6. The van der Waals surface area contributed by atoms with E-state index in [1.165, 1.54) is 39.1 Å². The molecule has 2 heterocycles. The van der Waals surface area contributed by atoms with Crippen molar-refractivity contribution in [1.82, 2.24) is 10.1 Å². The summed E-state index contributed by atoms with van der Waals surface area (Å²) in [4.78, 5) is 24.7. The van der Waals surface area contributed by atoms with Gasteiger partial charge in [-0.2, -0.15) is 0 Å². The molecule has 0 spiro atoms. The molecule has 1 aromatic carbocycles. The van der Waals surface area contributed by atoms with Crippen LogP contribution in [0.1, 0.15) is 32.2 Å². The van der Waals surface area contributed by atoms with Crippen molar-refractivity contribution < 1.29 is 22.5 Å². The Morgan fingerprint density at radius 2 is 1.78 bits per heavy atom. The van der Waals surface area contributed by atoms with Crippen LogP contribution in [0, 0.1) is 13.8 Å². The molecule has 0 saturated carbocycles. The van der Waals surface area contributed by atoms with E-state index in [9.17, 15) is 18.0 Å². The van der Waals surface area contributed by atoms with E-state index in [2.05, 4.69) is 9.88 Å². The number of hydrogen-bond acceptors (Lipinski definition) is 6. The molecular formula is C14H13N3O5S. The van der Waals surface area contributed by atoms with Gasteiger partial charge in [-0.25, -0.2) is 8.42 Å². The van der Waals surface area contributed by atoms with Gasteiger partial charge in [0.1, 0.15) is 5.69 Å². The average Bonchev–Trinajstić information content (AvgIpc) is 2.92. The van der Waals surface area contributed by atoms with Gasteiger partial charge in [0.15, 0.2) is 10.7 Å². The maximum atomic E-state index is 12.4. The van der Waals surface area contributed by atoms with E-state index in [-0.39, 0.29) is 33.2 Å². The van der Waals surface area contributed by atoms with Crippen molar-refractivity contribution in [2.75, 3.05) is 11.8 Å². The lowest BCUT2D eigenvalue weighted by Crippen LogP contribution is -2.24. The fourth-order valence-corrected chi connectivity index (χ4v) is 3.87. The first-order chi connectivity index (χ1) is 10.7. The molecule has 0 aliphatic carbocycles. The number of hydrogen-bond donors (Lipinski definition) is 1. The SMILES string of the molecule is Cc1noc(C)c1S(=O)(=O)Nc1ccc2c(c1)C(=O)N(C)C2=O. The molecule has 2 aromatic rings. The number of nitrogens with one attached hydrogen (secondary N) is 1. The molecule has 3 rings (SSSR count). The Bertz CT molecular complexity index is 926. The van der Waals surface area contributed by atoms with Crippen molar-refractivity contribution in [3.8, 4) is 0 Å². The lowest BCUT2D eigenvalue weighted by molar-refractivity contribution is 0.0693. The second-order valence-electron chi connectivity index (χ2n) is 5.19. The number of carbonyl (C=O) groups excluding carboxylic acids is 2. The molecular weight excluding hydrogens is 322 g/mol. The molecule has 1 aliphatic heterocycles. The molecule has 0 saturated heterocycles. The lowest BCUT2D eigenvalue weighted by Gasteiger charge is -2.08. The van der Waals surface area contributed by atoms with Crippen LogP contribution in [0.4, 0.5) is 5.69 Å². The Labute approximate surface area is 132 Å². The Hall–Kier alpha value is -2.68. The molecule has 8 nitrogen and oxygen atoms in total. The van der Waals surface area contributed by atoms with Crippen LogP contribution in [0.15, 0.2) is 27.6 Å². The van der Waals surface area contributed by atoms with Crippen LogP contribution >= 0.6 is 0 Å². The number of fused-ring (bicyclic) bond motifs is 1. The van der Waals surface area contributed by atoms with Gasteiger partial charge in [0.25, 0.3) is 21.8 Å². The lowest BCUT2D eigenvalue weighted by atomic mass is 10.1. The van der Waals surface area contributed by atoms with Gasteiger partial charge in [-0.05, 0) is 32.0 Å². The first-order valence-electron chi connectivity index (χ1n) is 6.64. The third-order valence-corrected chi connectivity index (χ3v) is 5.20. The number of sulfonamides is 1. The normalized spacial score (nSPS) is 14.3. The minimum absolute atomic E-state index is 0.0440. The minimum Gasteiger partial charge on any atom is -0.360 e. The summed E-state index contributed by atoms with van der Waals surface area (Å²) >= 11 is 0. The number of carbonyl (C=O) groups is 2. The average molecular weight is 335 g/mol. The van der Waals surface area contributed by atoms with Gasteiger partial charge in [0.2, 0.25) is 0 Å². The van der Waals surface area contributed by atoms with E-state index >= 15 is 0 Å². The van der Waals surface area contributed by atoms with Crippen LogP contribution in [0.3, 0.4) is 0 Å². The fraction of sp³-hybridized carbons (Fsp3) is 0.214. The van der Waals surface area contributed by atoms with Crippen LogP contribution < -0.4 is 4.72 Å². The van der Waals surface area contributed by atoms with Crippen molar-refractivity contribution in [2.45, 2.75) is 18.7 Å². The maximum Gasteiger partial charge on any atom is 0.267 e. The molecule has 1 aliphatic rings. The number of aryl methyl sites for hydroxylation is 2. The first kappa shape index (κ1) is 15.2. The second-order valence-corrected chi connectivity index (χ2v) is 6.81. The van der Waals surface area contributed by atoms with E-state index in [4.69, 9.17) is 4.52 Å². The monoisotopic (exact) mass is 335 g/mol. The molecule has 9 heteroatoms. The zero-order valence-corrected chi connectivity index (χ0v) is 13.4. The van der Waals surface area contributed by atoms with E-state index in [0.29, 0.717) is 0 Å². The highest BCUT2D eigenvalue weighted by molar-refractivity contribution is 7.92. The van der Waals surface area contributed by atoms with Gasteiger partial charge in [0.05, 0.1) is 11.1 Å². The van der Waals surface area contributed by atoms with Crippen LogP contribution in [-0.4, -0.2) is 37.3 Å². The number of imide groups is 1. The molecule has 23 heavy (non-hydrogen) atoms. The van der Waals surface area contributed by atoms with E-state index in [1.807, 2.05) is 0 Å². The van der Waals surface area contributed by atoms with Gasteiger partial charge in [0, 0.05) is 12.7 Å². The van der Waals surface area contributed by atoms with Gasteiger partial charge in [-0.15, -0.1) is 0 Å². The van der Waals surface area contributed by atoms with Crippen LogP contribution in [0.5, 0.6) is 0 Å². The smallest absolute Gasteiger partial charge is 0.267 e. The topological polar surface area (TPSA) is 110 Å². The summed E-state index contributed by atoms with van der Waals surface area (Å²) in [6.07, 6.45) is 0. The Balaban J connectivity index is 2.00. The van der Waals surface area contributed by atoms with Gasteiger partial charge < -0.3 is 4.52 Å². The summed E-state index contributed by atoms with van der Waals surface area (Å²) in [5.41, 5.74) is 0.830. The highest BCUT2D eigenvalue weighted by atomic mass is 32.2. The summed E-state index contributed by atoms with van der Waals surface area (Å²) in [7, 11) is -2.54. The Kier molecular flexibility index (Phi) is 3.25. The standard InChI is InChI=1S/C14H13N3O5S/c1-7-12(8(2)22-15-7)23(20,21)16-9-4-5-10-11(6-9)14(19)17(3)13(10)18/h4-6,16H,1-3H3. The van der Waals surface area contributed by atoms with Gasteiger partial charge in [-0.3, -0.25) is 19.2 Å². The molecule has 1 aromatic heterocycles. The number of benzene rings is 1. The first-order valence-corrected chi connectivity index (χ1v) is 8.13. The highest BCUT2D eigenvalue weighted by Gasteiger charge is 2.33. The van der Waals surface area contributed by atoms with Crippen LogP contribution in [0.2, 0.25) is 0 Å². The van der Waals surface area contributed by atoms with Crippen molar-refractivity contribution in [3.63, 3.8) is 0 Å². The second kappa shape index (κ2) is 4.92. The molecule has 0 fully saturated rings. The summed E-state index contributed by atoms with van der Waals surface area (Å²) < 4.78 is 32.1. The van der Waals surface area contributed by atoms with Crippen LogP contribution in [0.25, 0.3) is 0 Å². The number of aromatic nitrogens is 1.